The summed E-state index contributed by atoms with van der Waals surface area (Å²) in [5, 5.41) is 0. The maximum atomic E-state index is 8.62. The van der Waals surface area contributed by atoms with E-state index in [1.54, 1.807) is 0 Å². The normalized spacial score (nSPS) is 13.5. The van der Waals surface area contributed by atoms with Crippen molar-refractivity contribution in [2.24, 2.45) is 5.92 Å². The van der Waals surface area contributed by atoms with E-state index in [2.05, 4.69) is 11.3 Å². The Morgan fingerprint density at radius 3 is 2.21 bits per heavy atom. The van der Waals surface area contributed by atoms with Crippen molar-refractivity contribution >= 4 is 9.05 Å². The molecule has 4 nitrogen and oxygen atoms in total. The molecular formula is C8H21KO4Si. The zero-order valence-corrected chi connectivity index (χ0v) is 13.5. The van der Waals surface area contributed by atoms with Crippen LogP contribution in [0.1, 0.15) is 41.0 Å². The van der Waals surface area contributed by atoms with Gasteiger partial charge in [0.05, 0.1) is 0 Å². The van der Waals surface area contributed by atoms with Gasteiger partial charge >= 0.3 is 60.4 Å². The molecule has 0 aromatic heterocycles. The second kappa shape index (κ2) is 9.89. The summed E-state index contributed by atoms with van der Waals surface area (Å²) in [6.45, 7) is 4.38. The van der Waals surface area contributed by atoms with Crippen molar-refractivity contribution in [1.82, 2.24) is 0 Å². The van der Waals surface area contributed by atoms with Crippen LogP contribution in [0.15, 0.2) is 0 Å². The van der Waals surface area contributed by atoms with Gasteiger partial charge in [-0.25, -0.2) is 0 Å². The first-order valence-corrected chi connectivity index (χ1v) is 6.55. The summed E-state index contributed by atoms with van der Waals surface area (Å²) in [7, 11) is -4.28. The van der Waals surface area contributed by atoms with Crippen LogP contribution in [0, 0.1) is 5.92 Å². The second-order valence-corrected chi connectivity index (χ2v) is 4.74. The van der Waals surface area contributed by atoms with Crippen LogP contribution in [0.3, 0.4) is 0 Å². The van der Waals surface area contributed by atoms with Gasteiger partial charge in [-0.15, -0.1) is 0 Å². The Balaban J connectivity index is -0.000000720. The first-order chi connectivity index (χ1) is 5.99. The molecule has 82 valence electrons. The van der Waals surface area contributed by atoms with Crippen molar-refractivity contribution < 1.29 is 71.6 Å². The molecule has 0 fully saturated rings. The summed E-state index contributed by atoms with van der Waals surface area (Å²) in [6, 6.07) is 0. The van der Waals surface area contributed by atoms with Crippen LogP contribution in [-0.2, 0) is 4.43 Å². The molecule has 3 N–H and O–H groups in total. The van der Waals surface area contributed by atoms with Crippen LogP contribution in [0.4, 0.5) is 0 Å². The fourth-order valence-corrected chi connectivity index (χ4v) is 1.59. The monoisotopic (exact) mass is 248 g/mol. The van der Waals surface area contributed by atoms with Crippen LogP contribution in [0.5, 0.6) is 0 Å². The molecule has 0 bridgehead atoms. The van der Waals surface area contributed by atoms with Crippen molar-refractivity contribution in [2.75, 3.05) is 6.61 Å². The Bertz CT molecular complexity index is 134. The molecule has 6 heteroatoms. The summed E-state index contributed by atoms with van der Waals surface area (Å²) in [4.78, 5) is 25.8. The minimum atomic E-state index is -4.28. The third-order valence-corrected chi connectivity index (χ3v) is 2.61. The molecule has 0 rings (SSSR count). The number of unbranched alkanes of at least 4 members (excludes halogenated alkanes) is 1. The molecule has 0 radical (unpaired) electrons. The van der Waals surface area contributed by atoms with Gasteiger partial charge in [-0.2, -0.15) is 0 Å². The van der Waals surface area contributed by atoms with E-state index in [0.29, 0.717) is 5.92 Å². The molecule has 1 unspecified atom stereocenters. The van der Waals surface area contributed by atoms with Gasteiger partial charge in [-0.1, -0.05) is 33.1 Å². The summed E-state index contributed by atoms with van der Waals surface area (Å²) in [5.74, 6) is 0.318. The molecule has 0 saturated carbocycles. The van der Waals surface area contributed by atoms with Crippen molar-refractivity contribution in [3.63, 3.8) is 0 Å². The van der Waals surface area contributed by atoms with Crippen LogP contribution in [0.25, 0.3) is 0 Å². The van der Waals surface area contributed by atoms with Gasteiger partial charge in [-0.05, 0) is 12.3 Å². The van der Waals surface area contributed by atoms with Gasteiger partial charge in [0, 0.05) is 6.61 Å². The predicted molar refractivity (Wildman–Crippen MR) is 52.8 cm³/mol. The first kappa shape index (κ1) is 18.1. The van der Waals surface area contributed by atoms with Crippen molar-refractivity contribution in [3.8, 4) is 0 Å². The van der Waals surface area contributed by atoms with E-state index in [1.807, 2.05) is 6.92 Å². The second-order valence-electron chi connectivity index (χ2n) is 3.30. The number of hydrogen-bond acceptors (Lipinski definition) is 4. The van der Waals surface area contributed by atoms with Gasteiger partial charge in [0.2, 0.25) is 0 Å². The molecule has 0 aliphatic rings. The predicted octanol–water partition coefficient (Wildman–Crippen LogP) is -2.25. The average Bonchev–Trinajstić information content (AvgIpc) is 2.03. The molecule has 0 heterocycles. The topological polar surface area (TPSA) is 69.9 Å². The molecule has 0 saturated heterocycles. The molecule has 0 aliphatic heterocycles. The maximum Gasteiger partial charge on any atom is 1.00 e. The molecule has 0 aliphatic carbocycles. The van der Waals surface area contributed by atoms with E-state index in [4.69, 9.17) is 14.4 Å². The third kappa shape index (κ3) is 11.8. The summed E-state index contributed by atoms with van der Waals surface area (Å²) in [5.41, 5.74) is 0. The van der Waals surface area contributed by atoms with E-state index < -0.39 is 9.05 Å². The van der Waals surface area contributed by atoms with Gasteiger partial charge in [0.15, 0.2) is 0 Å². The Labute approximate surface area is 131 Å². The van der Waals surface area contributed by atoms with Crippen LogP contribution in [-0.4, -0.2) is 30.0 Å². The number of hydrogen-bond donors (Lipinski definition) is 3. The van der Waals surface area contributed by atoms with Crippen molar-refractivity contribution in [2.45, 2.75) is 39.5 Å². The molecular weight excluding hydrogens is 227 g/mol. The summed E-state index contributed by atoms with van der Waals surface area (Å²) >= 11 is 0. The molecule has 0 amide bonds. The van der Waals surface area contributed by atoms with Gasteiger partial charge in [-0.3, -0.25) is 0 Å². The Morgan fingerprint density at radius 2 is 1.86 bits per heavy atom. The van der Waals surface area contributed by atoms with E-state index in [-0.39, 0.29) is 59.4 Å². The Hall–Kier alpha value is 1.69. The fourth-order valence-electron chi connectivity index (χ4n) is 1.13. The number of rotatable bonds is 7. The SMILES string of the molecule is CCCCC(CC)CO[Si](O)(O)O.[H-].[K+]. The first-order valence-electron chi connectivity index (χ1n) is 4.80. The van der Waals surface area contributed by atoms with Crippen molar-refractivity contribution in [3.05, 3.63) is 0 Å². The quantitative estimate of drug-likeness (QED) is 0.445. The molecule has 1 atom stereocenters. The van der Waals surface area contributed by atoms with Gasteiger partial charge < -0.3 is 20.2 Å². The molecule has 0 aromatic carbocycles. The zero-order chi connectivity index (χ0) is 10.3. The van der Waals surface area contributed by atoms with E-state index in [0.717, 1.165) is 25.7 Å². The minimum absolute atomic E-state index is 0. The largest absolute Gasteiger partial charge is 1.00 e. The third-order valence-electron chi connectivity index (χ3n) is 2.06. The van der Waals surface area contributed by atoms with Crippen LogP contribution >= 0.6 is 0 Å². The van der Waals surface area contributed by atoms with Crippen LogP contribution < -0.4 is 51.4 Å². The Kier molecular flexibility index (Phi) is 12.8. The summed E-state index contributed by atoms with van der Waals surface area (Å²) < 4.78 is 4.58. The minimum Gasteiger partial charge on any atom is -1.00 e. The van der Waals surface area contributed by atoms with Crippen molar-refractivity contribution in [1.29, 1.82) is 0 Å². The van der Waals surface area contributed by atoms with Crippen LogP contribution in [0.2, 0.25) is 0 Å². The van der Waals surface area contributed by atoms with E-state index in [9.17, 15) is 0 Å². The van der Waals surface area contributed by atoms with Gasteiger partial charge in [0.1, 0.15) is 0 Å². The van der Waals surface area contributed by atoms with E-state index >= 15 is 0 Å². The fraction of sp³-hybridized carbons (Fsp3) is 1.00. The van der Waals surface area contributed by atoms with E-state index in [1.165, 1.54) is 0 Å². The average molecular weight is 248 g/mol. The smallest absolute Gasteiger partial charge is 1.00 e. The molecule has 14 heavy (non-hydrogen) atoms. The molecule has 0 aromatic rings. The standard InChI is InChI=1S/C8H20O4Si.K.H/c1-3-5-6-8(4-2)7-12-13(9,10)11;;/h8-11H,3-7H2,1-2H3;;/q;+1;-1. The Morgan fingerprint density at radius 1 is 1.29 bits per heavy atom. The summed E-state index contributed by atoms with van der Waals surface area (Å²) in [6.07, 6.45) is 4.18. The van der Waals surface area contributed by atoms with Gasteiger partial charge in [0.25, 0.3) is 0 Å². The maximum absolute atomic E-state index is 8.62. The zero-order valence-electron chi connectivity index (χ0n) is 10.4. The molecule has 0 spiro atoms.